The Morgan fingerprint density at radius 1 is 1.08 bits per heavy atom. The van der Waals surface area contributed by atoms with Crippen molar-refractivity contribution >= 4 is 17.5 Å². The number of hydrogen-bond acceptors (Lipinski definition) is 6. The van der Waals surface area contributed by atoms with Crippen LogP contribution in [0.4, 0.5) is 5.69 Å². The number of aromatic nitrogens is 2. The van der Waals surface area contributed by atoms with Crippen molar-refractivity contribution in [1.82, 2.24) is 20.0 Å². The molecule has 9 heteroatoms. The molecule has 9 nitrogen and oxygen atoms in total. The topological polar surface area (TPSA) is 115 Å². The first kappa shape index (κ1) is 28.1. The Hall–Kier alpha value is -3.95. The molecule has 0 aliphatic carbocycles. The van der Waals surface area contributed by atoms with Crippen LogP contribution < -0.4 is 16.4 Å². The minimum Gasteiger partial charge on any atom is -0.374 e. The van der Waals surface area contributed by atoms with E-state index in [0.29, 0.717) is 18.0 Å². The molecule has 0 spiro atoms. The van der Waals surface area contributed by atoms with Crippen molar-refractivity contribution in [2.75, 3.05) is 25.0 Å². The lowest BCUT2D eigenvalue weighted by Gasteiger charge is -2.28. The molecule has 3 aromatic rings. The summed E-state index contributed by atoms with van der Waals surface area (Å²) in [5.41, 5.74) is 8.29. The van der Waals surface area contributed by atoms with Crippen molar-refractivity contribution in [3.05, 3.63) is 96.5 Å². The summed E-state index contributed by atoms with van der Waals surface area (Å²) in [6.07, 6.45) is 5.24. The van der Waals surface area contributed by atoms with Crippen molar-refractivity contribution in [3.63, 3.8) is 0 Å². The van der Waals surface area contributed by atoms with Gasteiger partial charge in [-0.3, -0.25) is 14.3 Å². The van der Waals surface area contributed by atoms with Crippen LogP contribution in [0.5, 0.6) is 0 Å². The maximum absolute atomic E-state index is 13.5. The highest BCUT2D eigenvalue weighted by atomic mass is 16.5. The number of nitrogens with two attached hydrogens (primary N) is 1. The van der Waals surface area contributed by atoms with E-state index in [1.165, 1.54) is 0 Å². The smallest absolute Gasteiger partial charge is 0.252 e. The first-order valence-electron chi connectivity index (χ1n) is 13.3. The monoisotopic (exact) mass is 530 g/mol. The van der Waals surface area contributed by atoms with Crippen molar-refractivity contribution < 1.29 is 14.3 Å². The molecular weight excluding hydrogens is 492 g/mol. The van der Waals surface area contributed by atoms with Gasteiger partial charge in [0.15, 0.2) is 6.04 Å². The fraction of sp³-hybridized carbons (Fsp3) is 0.367. The van der Waals surface area contributed by atoms with Crippen LogP contribution in [-0.2, 0) is 20.9 Å². The largest absolute Gasteiger partial charge is 0.374 e. The number of nitrogens with zero attached hydrogens (tertiary/aromatic N) is 3. The average molecular weight is 531 g/mol. The van der Waals surface area contributed by atoms with Gasteiger partial charge in [-0.2, -0.15) is 5.10 Å². The predicted octanol–water partition coefficient (Wildman–Crippen LogP) is 3.46. The van der Waals surface area contributed by atoms with E-state index in [9.17, 15) is 9.59 Å². The molecule has 0 radical (unpaired) electrons. The maximum Gasteiger partial charge on any atom is 0.252 e. The summed E-state index contributed by atoms with van der Waals surface area (Å²) in [4.78, 5) is 28.7. The SMILES string of the molecule is C=C(NC(COCc1ccccc1)C(=O)Nc1cnn(C(C(=O)N2CCCC2)c2ccccc2)c1)C(C)(C)N. The number of carbonyl (C=O) groups excluding carboxylic acids is 2. The second-order valence-corrected chi connectivity index (χ2v) is 10.4. The number of amides is 2. The second-order valence-electron chi connectivity index (χ2n) is 10.4. The predicted molar refractivity (Wildman–Crippen MR) is 152 cm³/mol. The Bertz CT molecular complexity index is 1250. The van der Waals surface area contributed by atoms with Crippen LogP contribution >= 0.6 is 0 Å². The van der Waals surface area contributed by atoms with Crippen LogP contribution in [0.2, 0.25) is 0 Å². The summed E-state index contributed by atoms with van der Waals surface area (Å²) < 4.78 is 7.48. The van der Waals surface area contributed by atoms with Crippen LogP contribution in [0.25, 0.3) is 0 Å². The van der Waals surface area contributed by atoms with E-state index in [1.54, 1.807) is 17.1 Å². The Labute approximate surface area is 230 Å². The molecule has 2 unspecified atom stereocenters. The number of nitrogens with one attached hydrogen (secondary N) is 2. The molecule has 2 heterocycles. The molecule has 1 saturated heterocycles. The molecule has 206 valence electrons. The fourth-order valence-corrected chi connectivity index (χ4v) is 4.38. The first-order valence-corrected chi connectivity index (χ1v) is 13.3. The molecule has 39 heavy (non-hydrogen) atoms. The Balaban J connectivity index is 1.48. The molecule has 4 rings (SSSR count). The number of anilines is 1. The van der Waals surface area contributed by atoms with E-state index in [4.69, 9.17) is 10.5 Å². The van der Waals surface area contributed by atoms with Crippen LogP contribution in [0, 0.1) is 0 Å². The third-order valence-electron chi connectivity index (χ3n) is 6.74. The van der Waals surface area contributed by atoms with Gasteiger partial charge in [-0.25, -0.2) is 0 Å². The highest BCUT2D eigenvalue weighted by Gasteiger charge is 2.30. The molecule has 2 amide bonds. The van der Waals surface area contributed by atoms with Crippen LogP contribution in [0.3, 0.4) is 0 Å². The van der Waals surface area contributed by atoms with E-state index in [1.807, 2.05) is 79.4 Å². The Morgan fingerprint density at radius 3 is 2.36 bits per heavy atom. The van der Waals surface area contributed by atoms with Gasteiger partial charge in [-0.05, 0) is 37.8 Å². The minimum atomic E-state index is -0.747. The van der Waals surface area contributed by atoms with Gasteiger partial charge in [0.25, 0.3) is 5.91 Å². The molecule has 1 aliphatic heterocycles. The molecule has 4 N–H and O–H groups in total. The van der Waals surface area contributed by atoms with Crippen molar-refractivity contribution in [2.45, 2.75) is 50.9 Å². The molecule has 1 aromatic heterocycles. The van der Waals surface area contributed by atoms with E-state index < -0.39 is 17.6 Å². The van der Waals surface area contributed by atoms with Crippen LogP contribution in [0.15, 0.2) is 85.3 Å². The van der Waals surface area contributed by atoms with E-state index >= 15 is 0 Å². The normalized spacial score (nSPS) is 15.0. The highest BCUT2D eigenvalue weighted by molar-refractivity contribution is 5.95. The number of ether oxygens (including phenoxy) is 1. The zero-order valence-electron chi connectivity index (χ0n) is 22.7. The van der Waals surface area contributed by atoms with E-state index in [-0.39, 0.29) is 18.4 Å². The van der Waals surface area contributed by atoms with Crippen molar-refractivity contribution in [1.29, 1.82) is 0 Å². The van der Waals surface area contributed by atoms with Crippen LogP contribution in [-0.4, -0.2) is 57.8 Å². The van der Waals surface area contributed by atoms with E-state index in [0.717, 1.165) is 37.1 Å². The number of hydrogen-bond donors (Lipinski definition) is 3. The zero-order chi connectivity index (χ0) is 27.8. The lowest BCUT2D eigenvalue weighted by atomic mass is 10.0. The number of likely N-dealkylation sites (tertiary alicyclic amines) is 1. The van der Waals surface area contributed by atoms with Gasteiger partial charge in [0.05, 0.1) is 25.1 Å². The summed E-state index contributed by atoms with van der Waals surface area (Å²) in [5, 5.41) is 10.5. The zero-order valence-corrected chi connectivity index (χ0v) is 22.7. The summed E-state index contributed by atoms with van der Waals surface area (Å²) in [5.74, 6) is -0.329. The highest BCUT2D eigenvalue weighted by Crippen LogP contribution is 2.24. The van der Waals surface area contributed by atoms with Gasteiger partial charge in [-0.1, -0.05) is 67.2 Å². The Morgan fingerprint density at radius 2 is 1.72 bits per heavy atom. The van der Waals surface area contributed by atoms with Gasteiger partial charge < -0.3 is 26.0 Å². The third-order valence-corrected chi connectivity index (χ3v) is 6.74. The quantitative estimate of drug-likeness (QED) is 0.330. The van der Waals surface area contributed by atoms with E-state index in [2.05, 4.69) is 22.3 Å². The lowest BCUT2D eigenvalue weighted by molar-refractivity contribution is -0.132. The van der Waals surface area contributed by atoms with Gasteiger partial charge >= 0.3 is 0 Å². The standard InChI is InChI=1S/C30H38N6O3/c1-22(30(2,3)31)33-26(21-39-20-23-12-6-4-7-13-23)28(37)34-25-18-32-36(19-25)27(24-14-8-5-9-15-24)29(38)35-16-10-11-17-35/h4-9,12-15,18-19,26-27,33H,1,10-11,16-17,20-21,31H2,2-3H3,(H,34,37). The van der Waals surface area contributed by atoms with Gasteiger partial charge in [0.1, 0.15) is 6.04 Å². The third kappa shape index (κ3) is 7.55. The molecular formula is C30H38N6O3. The van der Waals surface area contributed by atoms with Crippen molar-refractivity contribution in [2.24, 2.45) is 5.73 Å². The van der Waals surface area contributed by atoms with Gasteiger partial charge in [0.2, 0.25) is 5.91 Å². The molecule has 0 saturated carbocycles. The summed E-state index contributed by atoms with van der Waals surface area (Å²) in [6.45, 7) is 9.58. The average Bonchev–Trinajstić information content (AvgIpc) is 3.62. The summed E-state index contributed by atoms with van der Waals surface area (Å²) in [7, 11) is 0. The van der Waals surface area contributed by atoms with Crippen LogP contribution in [0.1, 0.15) is 43.9 Å². The first-order chi connectivity index (χ1) is 18.7. The molecule has 1 fully saturated rings. The minimum absolute atomic E-state index is 0.00462. The molecule has 0 bridgehead atoms. The summed E-state index contributed by atoms with van der Waals surface area (Å²) in [6, 6.07) is 18.0. The Kier molecular flexibility index (Phi) is 9.16. The lowest BCUT2D eigenvalue weighted by Crippen LogP contribution is -2.49. The maximum atomic E-state index is 13.5. The van der Waals surface area contributed by atoms with Crippen molar-refractivity contribution in [3.8, 4) is 0 Å². The van der Waals surface area contributed by atoms with Gasteiger partial charge in [0, 0.05) is 30.5 Å². The van der Waals surface area contributed by atoms with Gasteiger partial charge in [-0.15, -0.1) is 0 Å². The second kappa shape index (κ2) is 12.7. The molecule has 2 aromatic carbocycles. The number of rotatable bonds is 12. The molecule has 1 aliphatic rings. The molecule has 2 atom stereocenters. The summed E-state index contributed by atoms with van der Waals surface area (Å²) >= 11 is 0. The fourth-order valence-electron chi connectivity index (χ4n) is 4.38. The number of carbonyl (C=O) groups is 2. The number of benzene rings is 2.